The standard InChI is InChI=1S/C17H24N4O3/c1-3-19-15(22)11-5-7-13(8-6-11)21-17(24-4-2)14(18)16(23)20-12-9-10-12/h5-8,12,21H,3-4,9-10,18H2,1-2H3,(H,19,22)(H,20,23)/b17-14+. The first-order valence-electron chi connectivity index (χ1n) is 8.13. The Morgan fingerprint density at radius 3 is 2.42 bits per heavy atom. The van der Waals surface area contributed by atoms with Crippen LogP contribution in [0.2, 0.25) is 0 Å². The SMILES string of the molecule is CCNC(=O)c1ccc(N/C(OCC)=C(\N)C(=O)NC2CC2)cc1. The second kappa shape index (κ2) is 8.24. The van der Waals surface area contributed by atoms with Gasteiger partial charge in [0.05, 0.1) is 6.61 Å². The summed E-state index contributed by atoms with van der Waals surface area (Å²) in [6.45, 7) is 4.62. The van der Waals surface area contributed by atoms with E-state index in [1.807, 2.05) is 13.8 Å². The summed E-state index contributed by atoms with van der Waals surface area (Å²) in [5, 5.41) is 8.55. The van der Waals surface area contributed by atoms with Crippen LogP contribution in [-0.2, 0) is 9.53 Å². The van der Waals surface area contributed by atoms with Gasteiger partial charge in [-0.25, -0.2) is 0 Å². The molecule has 1 aromatic rings. The Labute approximate surface area is 141 Å². The lowest BCUT2D eigenvalue weighted by Crippen LogP contribution is -2.32. The van der Waals surface area contributed by atoms with Gasteiger partial charge >= 0.3 is 0 Å². The molecular formula is C17H24N4O3. The third-order valence-electron chi connectivity index (χ3n) is 3.43. The minimum Gasteiger partial charge on any atom is -0.478 e. The monoisotopic (exact) mass is 332 g/mol. The fraction of sp³-hybridized carbons (Fsp3) is 0.412. The number of nitrogens with two attached hydrogens (primary N) is 1. The molecule has 0 heterocycles. The lowest BCUT2D eigenvalue weighted by Gasteiger charge is -2.15. The van der Waals surface area contributed by atoms with Crippen LogP contribution in [0.1, 0.15) is 37.0 Å². The highest BCUT2D eigenvalue weighted by Crippen LogP contribution is 2.19. The number of nitrogens with one attached hydrogen (secondary N) is 3. The number of carbonyl (C=O) groups excluding carboxylic acids is 2. The number of anilines is 1. The van der Waals surface area contributed by atoms with E-state index in [1.54, 1.807) is 24.3 Å². The topological polar surface area (TPSA) is 105 Å². The Morgan fingerprint density at radius 2 is 1.88 bits per heavy atom. The molecule has 0 aliphatic heterocycles. The summed E-state index contributed by atoms with van der Waals surface area (Å²) in [7, 11) is 0. The molecule has 24 heavy (non-hydrogen) atoms. The number of amides is 2. The molecule has 7 heteroatoms. The van der Waals surface area contributed by atoms with E-state index in [0.717, 1.165) is 12.8 Å². The molecule has 1 aromatic carbocycles. The van der Waals surface area contributed by atoms with Gasteiger partial charge in [-0.05, 0) is 51.0 Å². The molecule has 0 aromatic heterocycles. The number of carbonyl (C=O) groups is 2. The van der Waals surface area contributed by atoms with Gasteiger partial charge < -0.3 is 26.4 Å². The maximum atomic E-state index is 12.0. The lowest BCUT2D eigenvalue weighted by molar-refractivity contribution is -0.117. The van der Waals surface area contributed by atoms with Crippen LogP contribution in [-0.4, -0.2) is 31.0 Å². The van der Waals surface area contributed by atoms with Gasteiger partial charge in [0, 0.05) is 23.8 Å². The average Bonchev–Trinajstić information content (AvgIpc) is 3.38. The molecule has 1 aliphatic carbocycles. The smallest absolute Gasteiger partial charge is 0.272 e. The van der Waals surface area contributed by atoms with Crippen LogP contribution >= 0.6 is 0 Å². The van der Waals surface area contributed by atoms with Gasteiger partial charge in [-0.15, -0.1) is 0 Å². The summed E-state index contributed by atoms with van der Waals surface area (Å²) in [4.78, 5) is 23.8. The molecule has 130 valence electrons. The first-order valence-corrected chi connectivity index (χ1v) is 8.13. The first kappa shape index (κ1) is 17.7. The Morgan fingerprint density at radius 1 is 1.21 bits per heavy atom. The zero-order chi connectivity index (χ0) is 17.5. The van der Waals surface area contributed by atoms with Gasteiger partial charge in [-0.2, -0.15) is 0 Å². The molecule has 0 radical (unpaired) electrons. The second-order valence-corrected chi connectivity index (χ2v) is 5.49. The highest BCUT2D eigenvalue weighted by molar-refractivity contribution is 5.95. The molecule has 0 spiro atoms. The van der Waals surface area contributed by atoms with Crippen molar-refractivity contribution in [2.24, 2.45) is 5.73 Å². The van der Waals surface area contributed by atoms with Gasteiger partial charge in [0.15, 0.2) is 5.70 Å². The van der Waals surface area contributed by atoms with Gasteiger partial charge in [-0.1, -0.05) is 0 Å². The average molecular weight is 332 g/mol. The largest absolute Gasteiger partial charge is 0.478 e. The molecule has 1 fully saturated rings. The maximum Gasteiger partial charge on any atom is 0.272 e. The van der Waals surface area contributed by atoms with E-state index in [0.29, 0.717) is 24.4 Å². The van der Waals surface area contributed by atoms with E-state index >= 15 is 0 Å². The minimum absolute atomic E-state index is 0.0107. The molecule has 7 nitrogen and oxygen atoms in total. The predicted molar refractivity (Wildman–Crippen MR) is 92.1 cm³/mol. The highest BCUT2D eigenvalue weighted by atomic mass is 16.5. The number of benzene rings is 1. The molecule has 0 atom stereocenters. The summed E-state index contributed by atoms with van der Waals surface area (Å²) in [6, 6.07) is 7.07. The molecule has 0 bridgehead atoms. The predicted octanol–water partition coefficient (Wildman–Crippen LogP) is 1.29. The van der Waals surface area contributed by atoms with E-state index in [4.69, 9.17) is 10.5 Å². The number of hydrogen-bond donors (Lipinski definition) is 4. The van der Waals surface area contributed by atoms with E-state index in [9.17, 15) is 9.59 Å². The molecule has 2 rings (SSSR count). The van der Waals surface area contributed by atoms with Crippen LogP contribution in [0.4, 0.5) is 5.69 Å². The molecule has 1 aliphatic rings. The summed E-state index contributed by atoms with van der Waals surface area (Å²) < 4.78 is 5.45. The summed E-state index contributed by atoms with van der Waals surface area (Å²) in [5.74, 6) is -0.262. The van der Waals surface area contributed by atoms with Gasteiger partial charge in [0.1, 0.15) is 0 Å². The van der Waals surface area contributed by atoms with Crippen LogP contribution in [0.15, 0.2) is 35.8 Å². The van der Waals surface area contributed by atoms with Crippen LogP contribution in [0.5, 0.6) is 0 Å². The van der Waals surface area contributed by atoms with Crippen molar-refractivity contribution in [1.29, 1.82) is 0 Å². The Kier molecular flexibility index (Phi) is 6.06. The van der Waals surface area contributed by atoms with E-state index in [1.165, 1.54) is 0 Å². The fourth-order valence-corrected chi connectivity index (χ4v) is 2.02. The van der Waals surface area contributed by atoms with Crippen LogP contribution in [0.25, 0.3) is 0 Å². The third-order valence-corrected chi connectivity index (χ3v) is 3.43. The van der Waals surface area contributed by atoms with Crippen molar-refractivity contribution in [3.63, 3.8) is 0 Å². The Bertz CT molecular complexity index is 621. The maximum absolute atomic E-state index is 12.0. The van der Waals surface area contributed by atoms with Crippen molar-refractivity contribution in [1.82, 2.24) is 10.6 Å². The Balaban J connectivity index is 2.08. The molecule has 5 N–H and O–H groups in total. The third kappa shape index (κ3) is 4.91. The van der Waals surface area contributed by atoms with Crippen molar-refractivity contribution < 1.29 is 14.3 Å². The van der Waals surface area contributed by atoms with Crippen LogP contribution in [0.3, 0.4) is 0 Å². The fourth-order valence-electron chi connectivity index (χ4n) is 2.02. The number of hydrogen-bond acceptors (Lipinski definition) is 5. The molecule has 0 unspecified atom stereocenters. The summed E-state index contributed by atoms with van der Waals surface area (Å²) in [5.41, 5.74) is 7.15. The van der Waals surface area contributed by atoms with Crippen LogP contribution in [0, 0.1) is 0 Å². The van der Waals surface area contributed by atoms with E-state index in [2.05, 4.69) is 16.0 Å². The Hall–Kier alpha value is -2.70. The molecule has 1 saturated carbocycles. The second-order valence-electron chi connectivity index (χ2n) is 5.49. The number of ether oxygens (including phenoxy) is 1. The molecule has 0 saturated heterocycles. The minimum atomic E-state index is -0.340. The quantitative estimate of drug-likeness (QED) is 0.424. The van der Waals surface area contributed by atoms with Gasteiger partial charge in [-0.3, -0.25) is 9.59 Å². The zero-order valence-corrected chi connectivity index (χ0v) is 14.0. The van der Waals surface area contributed by atoms with Crippen LogP contribution < -0.4 is 21.7 Å². The van der Waals surface area contributed by atoms with E-state index < -0.39 is 0 Å². The van der Waals surface area contributed by atoms with E-state index in [-0.39, 0.29) is 29.4 Å². The van der Waals surface area contributed by atoms with Crippen molar-refractivity contribution in [3.8, 4) is 0 Å². The zero-order valence-electron chi connectivity index (χ0n) is 14.0. The van der Waals surface area contributed by atoms with Crippen molar-refractivity contribution in [2.75, 3.05) is 18.5 Å². The van der Waals surface area contributed by atoms with Crippen molar-refractivity contribution >= 4 is 17.5 Å². The highest BCUT2D eigenvalue weighted by Gasteiger charge is 2.25. The normalized spacial score (nSPS) is 14.4. The summed E-state index contributed by atoms with van der Waals surface area (Å²) >= 11 is 0. The van der Waals surface area contributed by atoms with Crippen molar-refractivity contribution in [3.05, 3.63) is 41.4 Å². The van der Waals surface area contributed by atoms with Crippen molar-refractivity contribution in [2.45, 2.75) is 32.7 Å². The first-order chi connectivity index (χ1) is 11.5. The number of rotatable bonds is 8. The molecule has 2 amide bonds. The summed E-state index contributed by atoms with van der Waals surface area (Å²) in [6.07, 6.45) is 1.97. The lowest BCUT2D eigenvalue weighted by atomic mass is 10.2. The van der Waals surface area contributed by atoms with Gasteiger partial charge in [0.25, 0.3) is 11.8 Å². The molecular weight excluding hydrogens is 308 g/mol. The van der Waals surface area contributed by atoms with Gasteiger partial charge in [0.2, 0.25) is 5.88 Å².